The Labute approximate surface area is 183 Å². The van der Waals surface area contributed by atoms with Crippen molar-refractivity contribution >= 4 is 28.5 Å². The molecular formula is C25H18ClNO4. The van der Waals surface area contributed by atoms with Crippen molar-refractivity contribution in [2.24, 2.45) is 0 Å². The van der Waals surface area contributed by atoms with Gasteiger partial charge in [-0.25, -0.2) is 0 Å². The number of methoxy groups -OCH3 is 1. The van der Waals surface area contributed by atoms with Gasteiger partial charge >= 0.3 is 0 Å². The van der Waals surface area contributed by atoms with Crippen LogP contribution in [0.2, 0.25) is 5.02 Å². The number of fused-ring (bicyclic) bond motifs is 2. The van der Waals surface area contributed by atoms with E-state index in [0.717, 1.165) is 11.1 Å². The number of carbonyl (C=O) groups excluding carboxylic acids is 1. The van der Waals surface area contributed by atoms with Crippen LogP contribution in [0.1, 0.15) is 33.3 Å². The molecule has 5 nitrogen and oxygen atoms in total. The van der Waals surface area contributed by atoms with Gasteiger partial charge in [0.2, 0.25) is 5.76 Å². The molecule has 2 heterocycles. The highest BCUT2D eigenvalue weighted by molar-refractivity contribution is 6.30. The maximum Gasteiger partial charge on any atom is 0.291 e. The minimum absolute atomic E-state index is 0.0884. The van der Waals surface area contributed by atoms with Crippen molar-refractivity contribution in [2.45, 2.75) is 12.6 Å². The van der Waals surface area contributed by atoms with Crippen LogP contribution in [0.4, 0.5) is 0 Å². The van der Waals surface area contributed by atoms with Crippen molar-refractivity contribution in [1.29, 1.82) is 0 Å². The number of ether oxygens (including phenoxy) is 1. The van der Waals surface area contributed by atoms with Gasteiger partial charge in [0.05, 0.1) is 24.1 Å². The van der Waals surface area contributed by atoms with Gasteiger partial charge in [0.25, 0.3) is 5.91 Å². The summed E-state index contributed by atoms with van der Waals surface area (Å²) in [5.74, 6) is 0.418. The summed E-state index contributed by atoms with van der Waals surface area (Å²) in [4.78, 5) is 28.6. The summed E-state index contributed by atoms with van der Waals surface area (Å²) in [5, 5.41) is 1.07. The molecule has 0 saturated carbocycles. The molecule has 0 spiro atoms. The standard InChI is InChI=1S/C25H18ClNO4/c1-30-18-6-4-5-16(13-18)22-21-23(28)19-7-2-3-8-20(19)31-24(21)25(29)27(22)14-15-9-11-17(26)12-10-15/h2-13,22H,14H2,1H3. The summed E-state index contributed by atoms with van der Waals surface area (Å²) < 4.78 is 11.3. The normalized spacial score (nSPS) is 15.4. The fourth-order valence-corrected chi connectivity index (χ4v) is 4.20. The number of hydrogen-bond donors (Lipinski definition) is 0. The maximum absolute atomic E-state index is 13.5. The van der Waals surface area contributed by atoms with Gasteiger partial charge in [0, 0.05) is 11.6 Å². The number of halogens is 1. The van der Waals surface area contributed by atoms with Crippen molar-refractivity contribution < 1.29 is 13.9 Å². The van der Waals surface area contributed by atoms with E-state index in [9.17, 15) is 9.59 Å². The molecule has 0 bridgehead atoms. The molecule has 0 radical (unpaired) electrons. The van der Waals surface area contributed by atoms with Gasteiger partial charge in [0.1, 0.15) is 11.3 Å². The van der Waals surface area contributed by atoms with E-state index >= 15 is 0 Å². The molecule has 154 valence electrons. The minimum atomic E-state index is -0.589. The first-order valence-electron chi connectivity index (χ1n) is 9.82. The Morgan fingerprint density at radius 3 is 2.55 bits per heavy atom. The van der Waals surface area contributed by atoms with Crippen molar-refractivity contribution in [1.82, 2.24) is 4.90 Å². The van der Waals surface area contributed by atoms with E-state index in [1.807, 2.05) is 36.4 Å². The minimum Gasteiger partial charge on any atom is -0.497 e. The molecule has 1 aromatic heterocycles. The Morgan fingerprint density at radius 1 is 1.00 bits per heavy atom. The van der Waals surface area contributed by atoms with Crippen LogP contribution in [-0.4, -0.2) is 17.9 Å². The number of para-hydroxylation sites is 1. The van der Waals surface area contributed by atoms with E-state index in [4.69, 9.17) is 20.8 Å². The third-order valence-electron chi connectivity index (χ3n) is 5.55. The van der Waals surface area contributed by atoms with E-state index < -0.39 is 6.04 Å². The van der Waals surface area contributed by atoms with Crippen LogP contribution in [0.5, 0.6) is 5.75 Å². The summed E-state index contributed by atoms with van der Waals surface area (Å²) in [5.41, 5.74) is 2.23. The van der Waals surface area contributed by atoms with Crippen LogP contribution in [0.15, 0.2) is 82.0 Å². The lowest BCUT2D eigenvalue weighted by Crippen LogP contribution is -2.29. The third-order valence-corrected chi connectivity index (χ3v) is 5.80. The second-order valence-corrected chi connectivity index (χ2v) is 7.85. The zero-order valence-electron chi connectivity index (χ0n) is 16.7. The van der Waals surface area contributed by atoms with Crippen LogP contribution < -0.4 is 10.2 Å². The zero-order valence-corrected chi connectivity index (χ0v) is 17.4. The Bertz CT molecular complexity index is 1360. The molecular weight excluding hydrogens is 414 g/mol. The summed E-state index contributed by atoms with van der Waals surface area (Å²) in [7, 11) is 1.58. The van der Waals surface area contributed by atoms with Crippen LogP contribution in [-0.2, 0) is 6.54 Å². The predicted octanol–water partition coefficient (Wildman–Crippen LogP) is 5.20. The van der Waals surface area contributed by atoms with Crippen molar-refractivity contribution in [3.8, 4) is 5.75 Å². The first kappa shape index (κ1) is 19.4. The number of hydrogen-bond acceptors (Lipinski definition) is 4. The number of nitrogens with zero attached hydrogens (tertiary/aromatic N) is 1. The Hall–Kier alpha value is -3.57. The number of carbonyl (C=O) groups is 1. The molecule has 3 aromatic carbocycles. The molecule has 5 rings (SSSR count). The van der Waals surface area contributed by atoms with Crippen LogP contribution >= 0.6 is 11.6 Å². The molecule has 0 aliphatic carbocycles. The molecule has 4 aromatic rings. The van der Waals surface area contributed by atoms with Crippen LogP contribution in [0, 0.1) is 0 Å². The van der Waals surface area contributed by atoms with Gasteiger partial charge in [0.15, 0.2) is 5.43 Å². The molecule has 1 aliphatic heterocycles. The van der Waals surface area contributed by atoms with Crippen molar-refractivity contribution in [2.75, 3.05) is 7.11 Å². The zero-order chi connectivity index (χ0) is 21.5. The summed E-state index contributed by atoms with van der Waals surface area (Å²) in [6.07, 6.45) is 0. The lowest BCUT2D eigenvalue weighted by Gasteiger charge is -2.25. The van der Waals surface area contributed by atoms with Crippen molar-refractivity contribution in [3.05, 3.63) is 110 Å². The second kappa shape index (κ2) is 7.60. The van der Waals surface area contributed by atoms with E-state index in [-0.39, 0.29) is 17.1 Å². The molecule has 6 heteroatoms. The quantitative estimate of drug-likeness (QED) is 0.445. The SMILES string of the molecule is COc1cccc(C2c3c(oc4ccccc4c3=O)C(=O)N2Cc2ccc(Cl)cc2)c1. The molecule has 1 atom stereocenters. The number of rotatable bonds is 4. The van der Waals surface area contributed by atoms with Gasteiger partial charge in [-0.15, -0.1) is 0 Å². The summed E-state index contributed by atoms with van der Waals surface area (Å²) in [6.45, 7) is 0.303. The van der Waals surface area contributed by atoms with Crippen molar-refractivity contribution in [3.63, 3.8) is 0 Å². The summed E-state index contributed by atoms with van der Waals surface area (Å²) >= 11 is 6.02. The van der Waals surface area contributed by atoms with Crippen LogP contribution in [0.3, 0.4) is 0 Å². The topological polar surface area (TPSA) is 59.8 Å². The van der Waals surface area contributed by atoms with E-state index in [0.29, 0.717) is 33.8 Å². The molecule has 1 amide bonds. The average molecular weight is 432 g/mol. The molecule has 1 unspecified atom stereocenters. The lowest BCUT2D eigenvalue weighted by atomic mass is 9.98. The smallest absolute Gasteiger partial charge is 0.291 e. The Morgan fingerprint density at radius 2 is 1.77 bits per heavy atom. The first-order valence-corrected chi connectivity index (χ1v) is 10.2. The van der Waals surface area contributed by atoms with Gasteiger partial charge in [-0.2, -0.15) is 0 Å². The highest BCUT2D eigenvalue weighted by Crippen LogP contribution is 2.40. The second-order valence-electron chi connectivity index (χ2n) is 7.41. The Kier molecular flexibility index (Phi) is 4.75. The average Bonchev–Trinajstić information content (AvgIpc) is 3.07. The number of amides is 1. The fraction of sp³-hybridized carbons (Fsp3) is 0.120. The molecule has 0 saturated heterocycles. The predicted molar refractivity (Wildman–Crippen MR) is 119 cm³/mol. The number of benzene rings is 3. The fourth-order valence-electron chi connectivity index (χ4n) is 4.07. The molecule has 31 heavy (non-hydrogen) atoms. The highest BCUT2D eigenvalue weighted by Gasteiger charge is 2.42. The maximum atomic E-state index is 13.5. The summed E-state index contributed by atoms with van der Waals surface area (Å²) in [6, 6.07) is 21.1. The monoisotopic (exact) mass is 431 g/mol. The first-order chi connectivity index (χ1) is 15.1. The van der Waals surface area contributed by atoms with E-state index in [1.54, 1.807) is 48.4 Å². The third kappa shape index (κ3) is 3.27. The molecule has 0 fully saturated rings. The lowest BCUT2D eigenvalue weighted by molar-refractivity contribution is 0.0714. The van der Waals surface area contributed by atoms with E-state index in [1.165, 1.54) is 0 Å². The van der Waals surface area contributed by atoms with E-state index in [2.05, 4.69) is 0 Å². The van der Waals surface area contributed by atoms with Gasteiger partial charge in [-0.3, -0.25) is 9.59 Å². The van der Waals surface area contributed by atoms with Crippen LogP contribution in [0.25, 0.3) is 11.0 Å². The molecule has 1 aliphatic rings. The Balaban J connectivity index is 1.71. The van der Waals surface area contributed by atoms with Gasteiger partial charge in [-0.1, -0.05) is 48.0 Å². The largest absolute Gasteiger partial charge is 0.497 e. The molecule has 0 N–H and O–H groups in total. The highest BCUT2D eigenvalue weighted by atomic mass is 35.5. The van der Waals surface area contributed by atoms with Gasteiger partial charge < -0.3 is 14.1 Å². The van der Waals surface area contributed by atoms with Gasteiger partial charge in [-0.05, 0) is 47.5 Å².